The molecular weight excluding hydrogens is 200 g/mol. The van der Waals surface area contributed by atoms with Crippen molar-refractivity contribution < 1.29 is 23.8 Å². The van der Waals surface area contributed by atoms with Gasteiger partial charge in [-0.25, -0.2) is 0 Å². The van der Waals surface area contributed by atoms with E-state index in [1.54, 1.807) is 6.92 Å². The van der Waals surface area contributed by atoms with Crippen LogP contribution in [-0.4, -0.2) is 19.0 Å². The Balaban J connectivity index is 3.76. The topological polar surface area (TPSA) is 61.8 Å². The smallest absolute Gasteiger partial charge is 0.314 e. The largest absolute Gasteiger partial charge is 0.469 e. The first-order valence-electron chi connectivity index (χ1n) is 4.25. The Kier molecular flexibility index (Phi) is 5.85. The molecule has 0 aliphatic carbocycles. The van der Waals surface area contributed by atoms with Crippen LogP contribution >= 0.6 is 0 Å². The summed E-state index contributed by atoms with van der Waals surface area (Å²) in [6.07, 6.45) is -0.156. The van der Waals surface area contributed by atoms with E-state index in [1.807, 2.05) is 0 Å². The van der Waals surface area contributed by atoms with Crippen molar-refractivity contribution in [2.75, 3.05) is 7.11 Å². The van der Waals surface area contributed by atoms with Gasteiger partial charge in [0.15, 0.2) is 0 Å². The van der Waals surface area contributed by atoms with E-state index >= 15 is 0 Å². The van der Waals surface area contributed by atoms with Gasteiger partial charge < -0.3 is 14.2 Å². The van der Waals surface area contributed by atoms with Crippen LogP contribution in [-0.2, 0) is 23.8 Å². The number of rotatable bonds is 6. The number of carbonyl (C=O) groups is 2. The van der Waals surface area contributed by atoms with E-state index in [4.69, 9.17) is 0 Å². The Morgan fingerprint density at radius 2 is 1.53 bits per heavy atom. The summed E-state index contributed by atoms with van der Waals surface area (Å²) >= 11 is 0. The monoisotopic (exact) mass is 214 g/mol. The fourth-order valence-electron chi connectivity index (χ4n) is 0.669. The van der Waals surface area contributed by atoms with Crippen molar-refractivity contribution in [3.63, 3.8) is 0 Å². The number of carbonyl (C=O) groups excluding carboxylic acids is 2. The third-order valence-corrected chi connectivity index (χ3v) is 1.28. The maximum atomic E-state index is 11.0. The highest BCUT2D eigenvalue weighted by Crippen LogP contribution is 2.02. The molecule has 0 spiro atoms. The zero-order valence-electron chi connectivity index (χ0n) is 8.87. The first-order valence-corrected chi connectivity index (χ1v) is 4.25. The van der Waals surface area contributed by atoms with Crippen molar-refractivity contribution in [1.29, 1.82) is 0 Å². The summed E-state index contributed by atoms with van der Waals surface area (Å²) < 4.78 is 13.7. The Hall–Kier alpha value is -1.78. The Morgan fingerprint density at radius 1 is 1.07 bits per heavy atom. The van der Waals surface area contributed by atoms with E-state index < -0.39 is 11.9 Å². The molecule has 0 fully saturated rings. The average Bonchev–Trinajstić information content (AvgIpc) is 2.13. The maximum Gasteiger partial charge on any atom is 0.314 e. The number of methoxy groups -OCH3 is 1. The second kappa shape index (κ2) is 6.64. The molecule has 0 saturated heterocycles. The van der Waals surface area contributed by atoms with Gasteiger partial charge >= 0.3 is 11.9 Å². The highest BCUT2D eigenvalue weighted by atomic mass is 16.7. The fourth-order valence-corrected chi connectivity index (χ4v) is 0.669. The zero-order valence-corrected chi connectivity index (χ0v) is 8.87. The molecule has 0 aromatic heterocycles. The second-order valence-electron chi connectivity index (χ2n) is 2.73. The van der Waals surface area contributed by atoms with Crippen molar-refractivity contribution in [3.8, 4) is 0 Å². The summed E-state index contributed by atoms with van der Waals surface area (Å²) in [4.78, 5) is 22.0. The van der Waals surface area contributed by atoms with Crippen LogP contribution in [0.25, 0.3) is 0 Å². The zero-order chi connectivity index (χ0) is 11.8. The van der Waals surface area contributed by atoms with Gasteiger partial charge in [0, 0.05) is 0 Å². The lowest BCUT2D eigenvalue weighted by atomic mass is 10.3. The van der Waals surface area contributed by atoms with Gasteiger partial charge in [0.05, 0.1) is 25.7 Å². The quantitative estimate of drug-likeness (QED) is 0.495. The fraction of sp³-hybridized carbons (Fsp3) is 0.400. The summed E-state index contributed by atoms with van der Waals surface area (Å²) in [6.45, 7) is 8.23. The molecule has 0 heterocycles. The van der Waals surface area contributed by atoms with E-state index in [0.717, 1.165) is 0 Å². The van der Waals surface area contributed by atoms with Gasteiger partial charge in [0.2, 0.25) is 0 Å². The van der Waals surface area contributed by atoms with E-state index in [2.05, 4.69) is 27.4 Å². The van der Waals surface area contributed by atoms with Crippen molar-refractivity contribution in [2.24, 2.45) is 0 Å². The predicted octanol–water partition coefficient (Wildman–Crippen LogP) is 1.50. The first-order chi connectivity index (χ1) is 6.95. The molecule has 5 heteroatoms. The third kappa shape index (κ3) is 7.30. The van der Waals surface area contributed by atoms with Crippen LogP contribution in [0, 0.1) is 0 Å². The van der Waals surface area contributed by atoms with Crippen LogP contribution < -0.4 is 0 Å². The Morgan fingerprint density at radius 3 is 1.93 bits per heavy atom. The van der Waals surface area contributed by atoms with Gasteiger partial charge in [-0.1, -0.05) is 6.58 Å². The molecule has 0 saturated carbocycles. The minimum Gasteiger partial charge on any atom is -0.469 e. The number of esters is 2. The number of hydrogen-bond donors (Lipinski definition) is 0. The minimum atomic E-state index is -0.597. The molecule has 0 rings (SSSR count). The molecule has 0 radical (unpaired) electrons. The number of hydrogen-bond acceptors (Lipinski definition) is 5. The van der Waals surface area contributed by atoms with Crippen LogP contribution in [0.15, 0.2) is 24.9 Å². The van der Waals surface area contributed by atoms with E-state index in [-0.39, 0.29) is 24.5 Å². The van der Waals surface area contributed by atoms with Crippen LogP contribution in [0.2, 0.25) is 0 Å². The lowest BCUT2D eigenvalue weighted by Gasteiger charge is -2.05. The molecule has 5 nitrogen and oxygen atoms in total. The molecular formula is C10H14O5. The van der Waals surface area contributed by atoms with E-state index in [9.17, 15) is 9.59 Å². The molecule has 0 aliphatic rings. The molecule has 0 aromatic rings. The highest BCUT2D eigenvalue weighted by molar-refractivity contribution is 5.78. The van der Waals surface area contributed by atoms with Crippen LogP contribution in [0.5, 0.6) is 0 Å². The molecule has 0 amide bonds. The second-order valence-corrected chi connectivity index (χ2v) is 2.73. The molecule has 0 bridgehead atoms. The normalized spacial score (nSPS) is 8.93. The summed E-state index contributed by atoms with van der Waals surface area (Å²) in [5.41, 5.74) is 0. The number of ether oxygens (including phenoxy) is 3. The summed E-state index contributed by atoms with van der Waals surface area (Å²) in [5, 5.41) is 0. The summed E-state index contributed by atoms with van der Waals surface area (Å²) in [7, 11) is 1.32. The SMILES string of the molecule is C=C(C)OC(=O)CCC(=O)OC(=C)OC. The lowest BCUT2D eigenvalue weighted by Crippen LogP contribution is -2.09. The van der Waals surface area contributed by atoms with Crippen molar-refractivity contribution in [3.05, 3.63) is 24.9 Å². The summed E-state index contributed by atoms with van der Waals surface area (Å²) in [5.74, 6) is -0.939. The summed E-state index contributed by atoms with van der Waals surface area (Å²) in [6, 6.07) is 0. The molecule has 0 unspecified atom stereocenters. The van der Waals surface area contributed by atoms with Crippen molar-refractivity contribution in [1.82, 2.24) is 0 Å². The minimum absolute atomic E-state index is 0.0668. The standard InChI is InChI=1S/C10H14O5/c1-7(2)14-9(11)5-6-10(12)15-8(3)13-4/h1,3,5-6H2,2,4H3. The van der Waals surface area contributed by atoms with Gasteiger partial charge in [0.1, 0.15) is 0 Å². The van der Waals surface area contributed by atoms with Gasteiger partial charge in [-0.15, -0.1) is 0 Å². The number of allylic oxidation sites excluding steroid dienone is 1. The Labute approximate surface area is 88.3 Å². The molecule has 84 valence electrons. The average molecular weight is 214 g/mol. The van der Waals surface area contributed by atoms with Gasteiger partial charge in [-0.05, 0) is 13.5 Å². The van der Waals surface area contributed by atoms with Crippen molar-refractivity contribution in [2.45, 2.75) is 19.8 Å². The van der Waals surface area contributed by atoms with Crippen LogP contribution in [0.1, 0.15) is 19.8 Å². The molecule has 0 aromatic carbocycles. The van der Waals surface area contributed by atoms with E-state index in [0.29, 0.717) is 0 Å². The lowest BCUT2D eigenvalue weighted by molar-refractivity contribution is -0.148. The molecule has 0 N–H and O–H groups in total. The predicted molar refractivity (Wildman–Crippen MR) is 52.4 cm³/mol. The van der Waals surface area contributed by atoms with Crippen LogP contribution in [0.4, 0.5) is 0 Å². The highest BCUT2D eigenvalue weighted by Gasteiger charge is 2.10. The third-order valence-electron chi connectivity index (χ3n) is 1.28. The Bertz CT molecular complexity index is 280. The molecule has 0 aliphatic heterocycles. The molecule has 15 heavy (non-hydrogen) atoms. The van der Waals surface area contributed by atoms with Gasteiger partial charge in [-0.3, -0.25) is 9.59 Å². The van der Waals surface area contributed by atoms with E-state index in [1.165, 1.54) is 7.11 Å². The molecule has 0 atom stereocenters. The maximum absolute atomic E-state index is 11.0. The first kappa shape index (κ1) is 13.2. The van der Waals surface area contributed by atoms with Crippen molar-refractivity contribution >= 4 is 11.9 Å². The van der Waals surface area contributed by atoms with Gasteiger partial charge in [-0.2, -0.15) is 0 Å². The van der Waals surface area contributed by atoms with Crippen LogP contribution in [0.3, 0.4) is 0 Å². The van der Waals surface area contributed by atoms with Gasteiger partial charge in [0.25, 0.3) is 5.95 Å².